The Labute approximate surface area is 64.5 Å². The Kier molecular flexibility index (Phi) is 0.856. The third kappa shape index (κ3) is 0.552. The third-order valence-electron chi connectivity index (χ3n) is 2.90. The highest BCUT2D eigenvalue weighted by Crippen LogP contribution is 2.56. The summed E-state index contributed by atoms with van der Waals surface area (Å²) in [7, 11) is 0. The lowest BCUT2D eigenvalue weighted by molar-refractivity contribution is 0.332. The fourth-order valence-electron chi connectivity index (χ4n) is 2.23. The van der Waals surface area contributed by atoms with Crippen molar-refractivity contribution in [1.82, 2.24) is 0 Å². The van der Waals surface area contributed by atoms with Gasteiger partial charge in [-0.1, -0.05) is 18.2 Å². The molecule has 1 saturated heterocycles. The lowest BCUT2D eigenvalue weighted by Crippen LogP contribution is -2.16. The van der Waals surface area contributed by atoms with Crippen molar-refractivity contribution in [3.05, 3.63) is 23.8 Å². The zero-order chi connectivity index (χ0) is 7.47. The van der Waals surface area contributed by atoms with Crippen LogP contribution in [0, 0.1) is 0 Å². The van der Waals surface area contributed by atoms with Gasteiger partial charge in [0.15, 0.2) is 0 Å². The highest BCUT2D eigenvalue weighted by Gasteiger charge is 2.63. The molecule has 2 fully saturated rings. The fraction of sp³-hybridized carbons (Fsp3) is 0.556. The van der Waals surface area contributed by atoms with Crippen LogP contribution in [0.15, 0.2) is 23.8 Å². The Balaban J connectivity index is 2.09. The second-order valence-electron chi connectivity index (χ2n) is 3.44. The van der Waals surface area contributed by atoms with Crippen LogP contribution in [-0.2, 0) is 4.74 Å². The smallest absolute Gasteiger partial charge is 0.124 e. The van der Waals surface area contributed by atoms with Gasteiger partial charge in [-0.2, -0.15) is 0 Å². The van der Waals surface area contributed by atoms with Crippen LogP contribution in [0.4, 0.5) is 4.39 Å². The van der Waals surface area contributed by atoms with Crippen molar-refractivity contribution in [3.63, 3.8) is 0 Å². The van der Waals surface area contributed by atoms with Crippen LogP contribution in [0.2, 0.25) is 0 Å². The van der Waals surface area contributed by atoms with Crippen LogP contribution in [0.3, 0.4) is 0 Å². The molecule has 1 saturated carbocycles. The van der Waals surface area contributed by atoms with Crippen LogP contribution in [0.5, 0.6) is 0 Å². The molecule has 2 heteroatoms. The summed E-state index contributed by atoms with van der Waals surface area (Å²) in [5.74, 6) is 0. The van der Waals surface area contributed by atoms with E-state index in [1.165, 1.54) is 0 Å². The number of hydrogen-bond acceptors (Lipinski definition) is 1. The quantitative estimate of drug-likeness (QED) is 0.482. The predicted molar refractivity (Wildman–Crippen MR) is 39.0 cm³/mol. The summed E-state index contributed by atoms with van der Waals surface area (Å²) in [4.78, 5) is 0. The molecule has 3 atom stereocenters. The van der Waals surface area contributed by atoms with E-state index in [0.717, 1.165) is 12.0 Å². The van der Waals surface area contributed by atoms with Gasteiger partial charge in [-0.3, -0.25) is 0 Å². The second-order valence-corrected chi connectivity index (χ2v) is 3.44. The number of halogens is 1. The number of ether oxygens (including phenoxy) is 1. The fourth-order valence-corrected chi connectivity index (χ4v) is 2.23. The van der Waals surface area contributed by atoms with E-state index in [2.05, 4.69) is 0 Å². The van der Waals surface area contributed by atoms with Gasteiger partial charge in [-0.15, -0.1) is 0 Å². The first kappa shape index (κ1) is 5.95. The maximum absolute atomic E-state index is 13.1. The Morgan fingerprint density at radius 1 is 1.64 bits per heavy atom. The van der Waals surface area contributed by atoms with Gasteiger partial charge in [0, 0.05) is 0 Å². The average molecular weight is 152 g/mol. The summed E-state index contributed by atoms with van der Waals surface area (Å²) < 4.78 is 18.6. The van der Waals surface area contributed by atoms with Crippen molar-refractivity contribution in [3.8, 4) is 0 Å². The number of hydrogen-bond donors (Lipinski definition) is 0. The Hall–Kier alpha value is -0.630. The molecule has 3 unspecified atom stereocenters. The van der Waals surface area contributed by atoms with Gasteiger partial charge in [0.1, 0.15) is 17.9 Å². The number of alkyl halides is 1. The maximum atomic E-state index is 13.1. The van der Waals surface area contributed by atoms with Gasteiger partial charge in [0.2, 0.25) is 0 Å². The summed E-state index contributed by atoms with van der Waals surface area (Å²) in [6.07, 6.45) is 6.76. The van der Waals surface area contributed by atoms with E-state index in [1.807, 2.05) is 18.2 Å². The van der Waals surface area contributed by atoms with Gasteiger partial charge in [0.05, 0.1) is 0 Å². The van der Waals surface area contributed by atoms with E-state index in [-0.39, 0.29) is 11.7 Å². The largest absolute Gasteiger partial charge is 0.357 e. The monoisotopic (exact) mass is 152 g/mol. The zero-order valence-electron chi connectivity index (χ0n) is 6.09. The van der Waals surface area contributed by atoms with Gasteiger partial charge in [0.25, 0.3) is 0 Å². The zero-order valence-corrected chi connectivity index (χ0v) is 6.09. The normalized spacial score (nSPS) is 51.5. The van der Waals surface area contributed by atoms with Crippen molar-refractivity contribution in [2.24, 2.45) is 0 Å². The molecule has 0 amide bonds. The van der Waals surface area contributed by atoms with E-state index in [0.29, 0.717) is 6.42 Å². The van der Waals surface area contributed by atoms with E-state index in [1.54, 1.807) is 0 Å². The van der Waals surface area contributed by atoms with Crippen molar-refractivity contribution in [2.45, 2.75) is 30.7 Å². The molecule has 1 spiro atoms. The number of rotatable bonds is 0. The Morgan fingerprint density at radius 2 is 2.55 bits per heavy atom. The molecule has 0 N–H and O–H groups in total. The topological polar surface area (TPSA) is 12.5 Å². The molecule has 3 aliphatic rings. The molecular weight excluding hydrogens is 143 g/mol. The molecule has 0 aromatic carbocycles. The molecular formula is C9H9FO. The van der Waals surface area contributed by atoms with Gasteiger partial charge in [-0.25, -0.2) is 4.39 Å². The molecule has 0 aromatic heterocycles. The van der Waals surface area contributed by atoms with Crippen molar-refractivity contribution in [2.75, 3.05) is 0 Å². The molecule has 0 bridgehead atoms. The van der Waals surface area contributed by atoms with Crippen molar-refractivity contribution < 1.29 is 9.13 Å². The average Bonchev–Trinajstić information content (AvgIpc) is 2.66. The maximum Gasteiger partial charge on any atom is 0.124 e. The summed E-state index contributed by atoms with van der Waals surface area (Å²) in [6.45, 7) is 0. The molecule has 1 nitrogen and oxygen atoms in total. The minimum atomic E-state index is -0.745. The van der Waals surface area contributed by atoms with Gasteiger partial charge >= 0.3 is 0 Å². The molecule has 58 valence electrons. The first-order valence-corrected chi connectivity index (χ1v) is 4.04. The van der Waals surface area contributed by atoms with Crippen LogP contribution < -0.4 is 0 Å². The standard InChI is InChI=1S/C9H9FO/c10-7-4-5-9-6(7)2-1-3-8(9)11-9/h1-3,7-8H,4-5H2. The number of epoxide rings is 1. The first-order valence-electron chi connectivity index (χ1n) is 4.04. The highest BCUT2D eigenvalue weighted by atomic mass is 19.1. The predicted octanol–water partition coefficient (Wildman–Crippen LogP) is 1.75. The summed E-state index contributed by atoms with van der Waals surface area (Å²) in [6, 6.07) is 0. The lowest BCUT2D eigenvalue weighted by atomic mass is 9.94. The highest BCUT2D eigenvalue weighted by molar-refractivity contribution is 5.44. The molecule has 1 heterocycles. The lowest BCUT2D eigenvalue weighted by Gasteiger charge is -2.08. The summed E-state index contributed by atoms with van der Waals surface area (Å²) in [5.41, 5.74) is 0.707. The van der Waals surface area contributed by atoms with E-state index in [4.69, 9.17) is 4.74 Å². The Bertz CT molecular complexity index is 269. The molecule has 1 aliphatic heterocycles. The molecule has 2 aliphatic carbocycles. The third-order valence-corrected chi connectivity index (χ3v) is 2.90. The minimum Gasteiger partial charge on any atom is -0.357 e. The summed E-state index contributed by atoms with van der Waals surface area (Å²) >= 11 is 0. The van der Waals surface area contributed by atoms with Crippen LogP contribution >= 0.6 is 0 Å². The van der Waals surface area contributed by atoms with Crippen LogP contribution in [0.1, 0.15) is 12.8 Å². The van der Waals surface area contributed by atoms with Gasteiger partial charge in [-0.05, 0) is 18.4 Å². The molecule has 0 radical (unpaired) electrons. The Morgan fingerprint density at radius 3 is 3.36 bits per heavy atom. The molecule has 11 heavy (non-hydrogen) atoms. The van der Waals surface area contributed by atoms with Gasteiger partial charge < -0.3 is 4.74 Å². The van der Waals surface area contributed by atoms with Crippen molar-refractivity contribution >= 4 is 0 Å². The molecule has 0 aromatic rings. The second kappa shape index (κ2) is 1.58. The molecule has 3 rings (SSSR count). The van der Waals surface area contributed by atoms with Crippen LogP contribution in [0.25, 0.3) is 0 Å². The SMILES string of the molecule is FC1CCC23OC2C=CC=C13. The minimum absolute atomic E-state index is 0.172. The van der Waals surface area contributed by atoms with E-state index >= 15 is 0 Å². The van der Waals surface area contributed by atoms with Crippen molar-refractivity contribution in [1.29, 1.82) is 0 Å². The van der Waals surface area contributed by atoms with Crippen LogP contribution in [-0.4, -0.2) is 17.9 Å². The van der Waals surface area contributed by atoms with E-state index in [9.17, 15) is 4.39 Å². The first-order chi connectivity index (χ1) is 5.33. The van der Waals surface area contributed by atoms with E-state index < -0.39 is 6.17 Å². The summed E-state index contributed by atoms with van der Waals surface area (Å²) in [5, 5.41) is 0. The number of allylic oxidation sites excluding steroid dienone is 2.